The molecule has 3 aromatic rings. The minimum atomic E-state index is -0.102. The van der Waals surface area contributed by atoms with Crippen LogP contribution in [0.25, 0.3) is 6.08 Å². The number of ketones is 1. The van der Waals surface area contributed by atoms with E-state index in [-0.39, 0.29) is 5.78 Å². The van der Waals surface area contributed by atoms with E-state index in [4.69, 9.17) is 9.47 Å². The van der Waals surface area contributed by atoms with Gasteiger partial charge in [0.05, 0.1) is 12.2 Å². The first-order valence-electron chi connectivity index (χ1n) is 9.39. The fourth-order valence-electron chi connectivity index (χ4n) is 3.23. The lowest BCUT2D eigenvalue weighted by Gasteiger charge is -2.04. The van der Waals surface area contributed by atoms with Crippen molar-refractivity contribution >= 4 is 11.9 Å². The highest BCUT2D eigenvalue weighted by atomic mass is 16.5. The number of Topliss-reactive ketones (excluding diaryl/α,β-unsaturated/α-hetero) is 1. The van der Waals surface area contributed by atoms with Gasteiger partial charge in [-0.15, -0.1) is 0 Å². The van der Waals surface area contributed by atoms with E-state index < -0.39 is 0 Å². The molecule has 0 saturated carbocycles. The molecule has 0 spiro atoms. The van der Waals surface area contributed by atoms with E-state index in [1.165, 1.54) is 11.1 Å². The molecule has 4 heteroatoms. The van der Waals surface area contributed by atoms with Crippen LogP contribution in [-0.2, 0) is 6.54 Å². The standard InChI is InChI=1S/C24H22NO3/c1-3-27-20-8-9-21-22(15-20)28-23(24(21)26)14-18-10-12-25(13-11-18)16-19-7-5-4-6-17(19)2/h4-15H,3,16H2,1-2H3/q+1/b23-14-. The number of fused-ring (bicyclic) bond motifs is 1. The maximum Gasteiger partial charge on any atom is 0.231 e. The van der Waals surface area contributed by atoms with Gasteiger partial charge in [0.15, 0.2) is 24.7 Å². The summed E-state index contributed by atoms with van der Waals surface area (Å²) in [5, 5.41) is 0. The van der Waals surface area contributed by atoms with Crippen LogP contribution < -0.4 is 14.0 Å². The van der Waals surface area contributed by atoms with Crippen LogP contribution in [-0.4, -0.2) is 12.4 Å². The average molecular weight is 372 g/mol. The molecule has 4 rings (SSSR count). The lowest BCUT2D eigenvalue weighted by atomic mass is 10.1. The monoisotopic (exact) mass is 372 g/mol. The molecule has 0 amide bonds. The largest absolute Gasteiger partial charge is 0.494 e. The molecular weight excluding hydrogens is 350 g/mol. The van der Waals surface area contributed by atoms with Crippen molar-refractivity contribution < 1.29 is 18.8 Å². The normalized spacial score (nSPS) is 14.1. The van der Waals surface area contributed by atoms with Crippen molar-refractivity contribution in [2.75, 3.05) is 6.61 Å². The Kier molecular flexibility index (Phi) is 4.94. The van der Waals surface area contributed by atoms with Crippen molar-refractivity contribution in [3.8, 4) is 11.5 Å². The average Bonchev–Trinajstić information content (AvgIpc) is 3.00. The number of ether oxygens (including phenoxy) is 2. The van der Waals surface area contributed by atoms with E-state index in [0.29, 0.717) is 29.4 Å². The van der Waals surface area contributed by atoms with Gasteiger partial charge in [-0.2, -0.15) is 0 Å². The first-order valence-corrected chi connectivity index (χ1v) is 9.39. The van der Waals surface area contributed by atoms with Gasteiger partial charge in [0.2, 0.25) is 5.78 Å². The Balaban J connectivity index is 1.51. The second kappa shape index (κ2) is 7.69. The van der Waals surface area contributed by atoms with Crippen LogP contribution >= 0.6 is 0 Å². The first-order chi connectivity index (χ1) is 13.6. The van der Waals surface area contributed by atoms with Gasteiger partial charge in [0.25, 0.3) is 0 Å². The van der Waals surface area contributed by atoms with Gasteiger partial charge in [0.1, 0.15) is 11.5 Å². The fourth-order valence-corrected chi connectivity index (χ4v) is 3.23. The second-order valence-electron chi connectivity index (χ2n) is 6.76. The number of hydrogen-bond acceptors (Lipinski definition) is 3. The van der Waals surface area contributed by atoms with Crippen LogP contribution in [0.3, 0.4) is 0 Å². The molecule has 0 saturated heterocycles. The van der Waals surface area contributed by atoms with Gasteiger partial charge in [-0.25, -0.2) is 4.57 Å². The molecule has 2 heterocycles. The Labute approximate surface area is 164 Å². The molecule has 1 aromatic heterocycles. The Morgan fingerprint density at radius 3 is 2.61 bits per heavy atom. The van der Waals surface area contributed by atoms with Gasteiger partial charge in [-0.1, -0.05) is 24.3 Å². The SMILES string of the molecule is CCOc1ccc2c(c1)O/C(=C\c1cc[n+](Cc3ccccc3C)cc1)C2=O. The number of nitrogens with zero attached hydrogens (tertiary/aromatic N) is 1. The molecule has 4 nitrogen and oxygen atoms in total. The second-order valence-corrected chi connectivity index (χ2v) is 6.76. The van der Waals surface area contributed by atoms with Crippen LogP contribution in [0, 0.1) is 6.92 Å². The summed E-state index contributed by atoms with van der Waals surface area (Å²) in [6, 6.07) is 17.6. The van der Waals surface area contributed by atoms with E-state index in [0.717, 1.165) is 12.1 Å². The number of aryl methyl sites for hydroxylation is 1. The van der Waals surface area contributed by atoms with Crippen LogP contribution in [0.2, 0.25) is 0 Å². The number of pyridine rings is 1. The molecule has 0 fully saturated rings. The van der Waals surface area contributed by atoms with Gasteiger partial charge >= 0.3 is 0 Å². The van der Waals surface area contributed by atoms with E-state index in [1.807, 2.05) is 37.5 Å². The summed E-state index contributed by atoms with van der Waals surface area (Å²) in [4.78, 5) is 12.6. The molecule has 140 valence electrons. The highest BCUT2D eigenvalue weighted by Gasteiger charge is 2.27. The van der Waals surface area contributed by atoms with E-state index in [1.54, 1.807) is 24.3 Å². The number of benzene rings is 2. The van der Waals surface area contributed by atoms with E-state index in [9.17, 15) is 4.79 Å². The van der Waals surface area contributed by atoms with Crippen LogP contribution in [0.5, 0.6) is 11.5 Å². The lowest BCUT2D eigenvalue weighted by molar-refractivity contribution is -0.688. The minimum absolute atomic E-state index is 0.102. The number of aromatic nitrogens is 1. The van der Waals surface area contributed by atoms with Crippen molar-refractivity contribution in [3.63, 3.8) is 0 Å². The summed E-state index contributed by atoms with van der Waals surface area (Å²) in [5.74, 6) is 1.48. The fraction of sp³-hybridized carbons (Fsp3) is 0.167. The summed E-state index contributed by atoms with van der Waals surface area (Å²) in [5.41, 5.74) is 4.05. The maximum absolute atomic E-state index is 12.6. The Morgan fingerprint density at radius 1 is 1.07 bits per heavy atom. The molecule has 0 radical (unpaired) electrons. The van der Waals surface area contributed by atoms with Gasteiger partial charge < -0.3 is 9.47 Å². The third kappa shape index (κ3) is 3.67. The van der Waals surface area contributed by atoms with Crippen LogP contribution in [0.15, 0.2) is 72.8 Å². The van der Waals surface area contributed by atoms with Gasteiger partial charge in [-0.3, -0.25) is 4.79 Å². The molecule has 1 aliphatic heterocycles. The number of carbonyl (C=O) groups excluding carboxylic acids is 1. The molecule has 0 aliphatic carbocycles. The van der Waals surface area contributed by atoms with Gasteiger partial charge in [0, 0.05) is 23.8 Å². The first kappa shape index (κ1) is 18.0. The quantitative estimate of drug-likeness (QED) is 0.494. The summed E-state index contributed by atoms with van der Waals surface area (Å²) in [6.07, 6.45) is 5.80. The number of rotatable bonds is 5. The topological polar surface area (TPSA) is 39.4 Å². The maximum atomic E-state index is 12.6. The van der Waals surface area contributed by atoms with E-state index >= 15 is 0 Å². The van der Waals surface area contributed by atoms with Crippen molar-refractivity contribution in [1.82, 2.24) is 0 Å². The molecule has 0 N–H and O–H groups in total. The summed E-state index contributed by atoms with van der Waals surface area (Å²) >= 11 is 0. The lowest BCUT2D eigenvalue weighted by Crippen LogP contribution is -2.33. The zero-order valence-electron chi connectivity index (χ0n) is 16.0. The zero-order valence-corrected chi connectivity index (χ0v) is 16.0. The molecule has 2 aromatic carbocycles. The van der Waals surface area contributed by atoms with Crippen molar-refractivity contribution in [2.24, 2.45) is 0 Å². The summed E-state index contributed by atoms with van der Waals surface area (Å²) in [7, 11) is 0. The Morgan fingerprint density at radius 2 is 1.86 bits per heavy atom. The van der Waals surface area contributed by atoms with Crippen molar-refractivity contribution in [3.05, 3.63) is 95.0 Å². The molecular formula is C24H22NO3+. The van der Waals surface area contributed by atoms with Crippen molar-refractivity contribution in [2.45, 2.75) is 20.4 Å². The summed E-state index contributed by atoms with van der Waals surface area (Å²) < 4.78 is 13.4. The number of allylic oxidation sites excluding steroid dienone is 1. The highest BCUT2D eigenvalue weighted by molar-refractivity contribution is 6.14. The Bertz CT molecular complexity index is 1050. The molecule has 0 unspecified atom stereocenters. The molecule has 1 aliphatic rings. The predicted molar refractivity (Wildman–Crippen MR) is 107 cm³/mol. The summed E-state index contributed by atoms with van der Waals surface area (Å²) in [6.45, 7) is 5.42. The third-order valence-electron chi connectivity index (χ3n) is 4.78. The van der Waals surface area contributed by atoms with Gasteiger partial charge in [-0.05, 0) is 43.2 Å². The van der Waals surface area contributed by atoms with E-state index in [2.05, 4.69) is 29.7 Å². The third-order valence-corrected chi connectivity index (χ3v) is 4.78. The zero-order chi connectivity index (χ0) is 19.5. The molecule has 28 heavy (non-hydrogen) atoms. The Hall–Kier alpha value is -3.40. The smallest absolute Gasteiger partial charge is 0.231 e. The highest BCUT2D eigenvalue weighted by Crippen LogP contribution is 2.34. The predicted octanol–water partition coefficient (Wildman–Crippen LogP) is 4.35. The number of carbonyl (C=O) groups is 1. The molecule has 0 bridgehead atoms. The van der Waals surface area contributed by atoms with Crippen LogP contribution in [0.4, 0.5) is 0 Å². The molecule has 0 atom stereocenters. The van der Waals surface area contributed by atoms with Crippen molar-refractivity contribution in [1.29, 1.82) is 0 Å². The van der Waals surface area contributed by atoms with Crippen LogP contribution in [0.1, 0.15) is 34.0 Å². The number of hydrogen-bond donors (Lipinski definition) is 0. The minimum Gasteiger partial charge on any atom is -0.494 e.